The largest absolute Gasteiger partial charge is 0.364 e. The van der Waals surface area contributed by atoms with Gasteiger partial charge in [0.05, 0.1) is 11.9 Å². The van der Waals surface area contributed by atoms with Crippen molar-refractivity contribution < 1.29 is 0 Å². The molecule has 1 saturated heterocycles. The Balaban J connectivity index is 2.04. The highest BCUT2D eigenvalue weighted by Crippen LogP contribution is 2.16. The molecular weight excluding hydrogens is 256 g/mol. The number of likely N-dealkylation sites (tertiary alicyclic amines) is 1. The van der Waals surface area contributed by atoms with E-state index in [-0.39, 0.29) is 0 Å². The third-order valence-electron chi connectivity index (χ3n) is 2.65. The third-order valence-corrected chi connectivity index (χ3v) is 3.03. The minimum absolute atomic E-state index is 0.504. The molecule has 0 aliphatic carbocycles. The van der Waals surface area contributed by atoms with Crippen molar-refractivity contribution in [2.45, 2.75) is 19.4 Å². The van der Waals surface area contributed by atoms with Crippen LogP contribution in [0.5, 0.6) is 0 Å². The quantitative estimate of drug-likeness (QED) is 0.888. The molecule has 1 aliphatic heterocycles. The van der Waals surface area contributed by atoms with Crippen molar-refractivity contribution in [1.82, 2.24) is 14.9 Å². The first-order valence-corrected chi connectivity index (χ1v) is 5.88. The van der Waals surface area contributed by atoms with E-state index in [4.69, 9.17) is 0 Å². The summed E-state index contributed by atoms with van der Waals surface area (Å²) in [6, 6.07) is 0.504. The van der Waals surface area contributed by atoms with Crippen molar-refractivity contribution >= 4 is 21.7 Å². The van der Waals surface area contributed by atoms with Gasteiger partial charge in [0, 0.05) is 12.6 Å². The fourth-order valence-corrected chi connectivity index (χ4v) is 2.21. The Bertz CT molecular complexity index is 355. The van der Waals surface area contributed by atoms with E-state index < -0.39 is 0 Å². The fourth-order valence-electron chi connectivity index (χ4n) is 1.84. The maximum Gasteiger partial charge on any atom is 0.147 e. The van der Waals surface area contributed by atoms with E-state index >= 15 is 0 Å². The zero-order valence-corrected chi connectivity index (χ0v) is 10.6. The van der Waals surface area contributed by atoms with Crippen LogP contribution in [0.1, 0.15) is 12.1 Å². The molecule has 1 aromatic rings. The lowest BCUT2D eigenvalue weighted by Crippen LogP contribution is -2.24. The second-order valence-corrected chi connectivity index (χ2v) is 4.83. The molecule has 0 spiro atoms. The van der Waals surface area contributed by atoms with E-state index in [1.165, 1.54) is 6.42 Å². The predicted molar refractivity (Wildman–Crippen MR) is 64.0 cm³/mol. The van der Waals surface area contributed by atoms with Crippen molar-refractivity contribution in [3.05, 3.63) is 16.5 Å². The number of hydrogen-bond donors (Lipinski definition) is 1. The Morgan fingerprint density at radius 3 is 3.00 bits per heavy atom. The summed E-state index contributed by atoms with van der Waals surface area (Å²) in [7, 11) is 2.14. The Kier molecular flexibility index (Phi) is 3.21. The van der Waals surface area contributed by atoms with Crippen LogP contribution in [0.15, 0.2) is 10.8 Å². The van der Waals surface area contributed by atoms with Gasteiger partial charge in [0.1, 0.15) is 10.4 Å². The summed E-state index contributed by atoms with van der Waals surface area (Å²) in [5.41, 5.74) is 0.943. The summed E-state index contributed by atoms with van der Waals surface area (Å²) < 4.78 is 0.786. The highest BCUT2D eigenvalue weighted by Gasteiger charge is 2.20. The van der Waals surface area contributed by atoms with Crippen LogP contribution < -0.4 is 5.32 Å². The van der Waals surface area contributed by atoms with Crippen LogP contribution in [0.4, 0.5) is 5.82 Å². The van der Waals surface area contributed by atoms with Crippen molar-refractivity contribution in [3.8, 4) is 0 Å². The summed E-state index contributed by atoms with van der Waals surface area (Å²) in [6.45, 7) is 4.20. The van der Waals surface area contributed by atoms with Crippen LogP contribution in [-0.2, 0) is 0 Å². The molecule has 2 rings (SSSR count). The van der Waals surface area contributed by atoms with Crippen LogP contribution in [0, 0.1) is 6.92 Å². The molecule has 0 saturated carbocycles. The highest BCUT2D eigenvalue weighted by molar-refractivity contribution is 9.10. The molecule has 0 radical (unpaired) electrons. The first kappa shape index (κ1) is 10.8. The van der Waals surface area contributed by atoms with E-state index in [9.17, 15) is 0 Å². The number of aryl methyl sites for hydroxylation is 1. The lowest BCUT2D eigenvalue weighted by molar-refractivity contribution is 0.414. The number of nitrogens with zero attached hydrogens (tertiary/aromatic N) is 3. The minimum atomic E-state index is 0.504. The van der Waals surface area contributed by atoms with E-state index in [0.717, 1.165) is 29.2 Å². The van der Waals surface area contributed by atoms with Gasteiger partial charge in [-0.2, -0.15) is 0 Å². The number of rotatable bonds is 2. The Morgan fingerprint density at radius 1 is 1.60 bits per heavy atom. The lowest BCUT2D eigenvalue weighted by Gasteiger charge is -2.14. The molecule has 5 heteroatoms. The van der Waals surface area contributed by atoms with Gasteiger partial charge in [-0.1, -0.05) is 0 Å². The molecule has 1 aliphatic rings. The average molecular weight is 271 g/mol. The summed E-state index contributed by atoms with van der Waals surface area (Å²) in [4.78, 5) is 11.0. The highest BCUT2D eigenvalue weighted by atomic mass is 79.9. The molecule has 2 heterocycles. The van der Waals surface area contributed by atoms with Crippen molar-refractivity contribution in [1.29, 1.82) is 0 Å². The second kappa shape index (κ2) is 4.45. The van der Waals surface area contributed by atoms with Crippen LogP contribution in [0.2, 0.25) is 0 Å². The fraction of sp³-hybridized carbons (Fsp3) is 0.600. The first-order chi connectivity index (χ1) is 7.15. The standard InChI is InChI=1S/C10H15BrN4/c1-7-10(12-5-9(11)13-7)14-8-3-4-15(2)6-8/h5,8H,3-4,6H2,1-2H3,(H,12,14). The van der Waals surface area contributed by atoms with Crippen LogP contribution in [-0.4, -0.2) is 41.0 Å². The van der Waals surface area contributed by atoms with Gasteiger partial charge in [-0.15, -0.1) is 0 Å². The maximum absolute atomic E-state index is 4.33. The third kappa shape index (κ3) is 2.66. The van der Waals surface area contributed by atoms with Gasteiger partial charge in [0.25, 0.3) is 0 Å². The summed E-state index contributed by atoms with van der Waals surface area (Å²) in [6.07, 6.45) is 2.90. The van der Waals surface area contributed by atoms with E-state index in [2.05, 4.69) is 43.2 Å². The Labute approximate surface area is 98.2 Å². The van der Waals surface area contributed by atoms with Gasteiger partial charge in [0.2, 0.25) is 0 Å². The van der Waals surface area contributed by atoms with Gasteiger partial charge in [0.15, 0.2) is 0 Å². The molecule has 1 atom stereocenters. The minimum Gasteiger partial charge on any atom is -0.364 e. The zero-order valence-electron chi connectivity index (χ0n) is 9.00. The predicted octanol–water partition coefficient (Wildman–Crippen LogP) is 1.66. The Hall–Kier alpha value is -0.680. The molecule has 4 nitrogen and oxygen atoms in total. The van der Waals surface area contributed by atoms with Gasteiger partial charge in [-0.05, 0) is 42.9 Å². The van der Waals surface area contributed by atoms with Crippen molar-refractivity contribution in [2.75, 3.05) is 25.5 Å². The molecule has 1 fully saturated rings. The molecule has 0 bridgehead atoms. The van der Waals surface area contributed by atoms with Crippen molar-refractivity contribution in [3.63, 3.8) is 0 Å². The molecule has 0 amide bonds. The number of likely N-dealkylation sites (N-methyl/N-ethyl adjacent to an activating group) is 1. The van der Waals surface area contributed by atoms with Gasteiger partial charge in [-0.3, -0.25) is 0 Å². The number of halogens is 1. The molecule has 1 N–H and O–H groups in total. The molecular formula is C10H15BrN4. The van der Waals surface area contributed by atoms with E-state index in [0.29, 0.717) is 6.04 Å². The number of hydrogen-bond acceptors (Lipinski definition) is 4. The van der Waals surface area contributed by atoms with E-state index in [1.807, 2.05) is 6.92 Å². The zero-order chi connectivity index (χ0) is 10.8. The van der Waals surface area contributed by atoms with Crippen LogP contribution in [0.3, 0.4) is 0 Å². The number of aromatic nitrogens is 2. The molecule has 0 aromatic carbocycles. The summed E-state index contributed by atoms with van der Waals surface area (Å²) in [5.74, 6) is 0.901. The first-order valence-electron chi connectivity index (χ1n) is 5.09. The van der Waals surface area contributed by atoms with E-state index in [1.54, 1.807) is 6.20 Å². The average Bonchev–Trinajstić information content (AvgIpc) is 2.56. The van der Waals surface area contributed by atoms with Gasteiger partial charge >= 0.3 is 0 Å². The molecule has 1 unspecified atom stereocenters. The van der Waals surface area contributed by atoms with Crippen molar-refractivity contribution in [2.24, 2.45) is 0 Å². The normalized spacial score (nSPS) is 21.9. The smallest absolute Gasteiger partial charge is 0.147 e. The SMILES string of the molecule is Cc1nc(Br)cnc1NC1CCN(C)C1. The maximum atomic E-state index is 4.33. The number of anilines is 1. The monoisotopic (exact) mass is 270 g/mol. The topological polar surface area (TPSA) is 41.1 Å². The van der Waals surface area contributed by atoms with Crippen LogP contribution >= 0.6 is 15.9 Å². The molecule has 82 valence electrons. The molecule has 1 aromatic heterocycles. The second-order valence-electron chi connectivity index (χ2n) is 4.02. The summed E-state index contributed by atoms with van der Waals surface area (Å²) >= 11 is 3.31. The van der Waals surface area contributed by atoms with Gasteiger partial charge in [-0.25, -0.2) is 9.97 Å². The van der Waals surface area contributed by atoms with Gasteiger partial charge < -0.3 is 10.2 Å². The van der Waals surface area contributed by atoms with Crippen LogP contribution in [0.25, 0.3) is 0 Å². The lowest BCUT2D eigenvalue weighted by atomic mass is 10.2. The summed E-state index contributed by atoms with van der Waals surface area (Å²) in [5, 5.41) is 3.43. The Morgan fingerprint density at radius 2 is 2.40 bits per heavy atom. The molecule has 15 heavy (non-hydrogen) atoms. The number of nitrogens with one attached hydrogen (secondary N) is 1.